The Morgan fingerprint density at radius 2 is 1.16 bits per heavy atom. The zero-order valence-electron chi connectivity index (χ0n) is 40.3. The minimum Gasteiger partial charge on any atom is -0.468 e. The zero-order valence-corrected chi connectivity index (χ0v) is 40.3. The molecule has 11 rings (SSSR count). The molecule has 336 valence electrons. The molecular formula is C64H56BN3O. The maximum absolute atomic E-state index is 7.09. The fourth-order valence-corrected chi connectivity index (χ4v) is 10.1. The van der Waals surface area contributed by atoms with Crippen LogP contribution in [0.1, 0.15) is 58.2 Å². The van der Waals surface area contributed by atoms with E-state index >= 15 is 0 Å². The van der Waals surface area contributed by atoms with Crippen molar-refractivity contribution in [1.29, 1.82) is 0 Å². The molecule has 0 aliphatic carbocycles. The van der Waals surface area contributed by atoms with E-state index in [0.29, 0.717) is 0 Å². The molecule has 8 aromatic carbocycles. The van der Waals surface area contributed by atoms with Gasteiger partial charge in [0.05, 0.1) is 22.7 Å². The van der Waals surface area contributed by atoms with E-state index in [4.69, 9.17) is 11.0 Å². The van der Waals surface area contributed by atoms with E-state index in [1.165, 1.54) is 11.1 Å². The average molecular weight is 894 g/mol. The SMILES string of the molecule is C=C(/C=C1\C2=CNc3c(oc4ccc(C(C)(C)C)cc34)B2c2ccc(N(c3ccc(C(C)(C)C)cc3)c3ccccc3-c3ccccc3)cc2N1c1ccccc1-c1ccccc1)c1ccccc1. The first-order valence-corrected chi connectivity index (χ1v) is 24.1. The average Bonchev–Trinajstić information content (AvgIpc) is 3.75. The number of furan rings is 1. The summed E-state index contributed by atoms with van der Waals surface area (Å²) in [5.74, 6) is 0. The second-order valence-electron chi connectivity index (χ2n) is 20.4. The quantitative estimate of drug-likeness (QED) is 0.154. The lowest BCUT2D eigenvalue weighted by molar-refractivity contribution is 0.590. The van der Waals surface area contributed by atoms with Gasteiger partial charge in [-0.3, -0.25) is 0 Å². The van der Waals surface area contributed by atoms with Crippen LogP contribution in [0.5, 0.6) is 0 Å². The van der Waals surface area contributed by atoms with Gasteiger partial charge in [-0.2, -0.15) is 0 Å². The highest BCUT2D eigenvalue weighted by Gasteiger charge is 2.44. The van der Waals surface area contributed by atoms with Crippen molar-refractivity contribution in [3.8, 4) is 22.3 Å². The summed E-state index contributed by atoms with van der Waals surface area (Å²) in [6.07, 6.45) is 4.48. The topological polar surface area (TPSA) is 31.7 Å². The van der Waals surface area contributed by atoms with E-state index in [9.17, 15) is 0 Å². The summed E-state index contributed by atoms with van der Waals surface area (Å²) in [5.41, 5.74) is 20.4. The number of hydrogen-bond donors (Lipinski definition) is 1. The molecule has 1 N–H and O–H groups in total. The Balaban J connectivity index is 1.21. The van der Waals surface area contributed by atoms with Gasteiger partial charge in [0, 0.05) is 39.3 Å². The van der Waals surface area contributed by atoms with Gasteiger partial charge in [0.1, 0.15) is 5.58 Å². The molecule has 3 heterocycles. The molecule has 9 aromatic rings. The first kappa shape index (κ1) is 43.5. The van der Waals surface area contributed by atoms with Crippen LogP contribution in [0.4, 0.5) is 34.1 Å². The molecule has 0 atom stereocenters. The first-order valence-electron chi connectivity index (χ1n) is 24.1. The van der Waals surface area contributed by atoms with Crippen LogP contribution in [-0.2, 0) is 10.8 Å². The maximum Gasteiger partial charge on any atom is 0.296 e. The third-order valence-corrected chi connectivity index (χ3v) is 13.8. The van der Waals surface area contributed by atoms with E-state index < -0.39 is 0 Å². The van der Waals surface area contributed by atoms with E-state index in [2.05, 4.69) is 269 Å². The summed E-state index contributed by atoms with van der Waals surface area (Å²) >= 11 is 0. The van der Waals surface area contributed by atoms with Crippen molar-refractivity contribution in [1.82, 2.24) is 0 Å². The Kier molecular flexibility index (Phi) is 10.9. The Morgan fingerprint density at radius 1 is 0.580 bits per heavy atom. The number of anilines is 6. The Morgan fingerprint density at radius 3 is 1.84 bits per heavy atom. The van der Waals surface area contributed by atoms with E-state index in [1.807, 2.05) is 0 Å². The van der Waals surface area contributed by atoms with Gasteiger partial charge >= 0.3 is 0 Å². The monoisotopic (exact) mass is 893 g/mol. The second kappa shape index (κ2) is 17.3. The smallest absolute Gasteiger partial charge is 0.296 e. The Bertz CT molecular complexity index is 3440. The lowest BCUT2D eigenvalue weighted by Gasteiger charge is -2.41. The third-order valence-electron chi connectivity index (χ3n) is 13.8. The Hall–Kier alpha value is -8.02. The predicted octanol–water partition coefficient (Wildman–Crippen LogP) is 16.0. The van der Waals surface area contributed by atoms with Crippen LogP contribution < -0.4 is 26.2 Å². The zero-order chi connectivity index (χ0) is 47.4. The maximum atomic E-state index is 7.09. The lowest BCUT2D eigenvalue weighted by atomic mass is 9.35. The molecule has 0 saturated carbocycles. The number of benzene rings is 8. The van der Waals surface area contributed by atoms with Crippen molar-refractivity contribution in [3.05, 3.63) is 247 Å². The summed E-state index contributed by atoms with van der Waals surface area (Å²) in [4.78, 5) is 4.89. The highest BCUT2D eigenvalue weighted by atomic mass is 16.3. The summed E-state index contributed by atoms with van der Waals surface area (Å²) in [5, 5.41) is 4.89. The van der Waals surface area contributed by atoms with Gasteiger partial charge < -0.3 is 19.5 Å². The molecule has 0 spiro atoms. The molecule has 0 unspecified atom stereocenters. The molecule has 2 aliphatic rings. The number of fused-ring (bicyclic) bond motifs is 7. The van der Waals surface area contributed by atoms with Crippen LogP contribution in [-0.4, -0.2) is 6.71 Å². The molecule has 1 aromatic heterocycles. The number of hydrogen-bond acceptors (Lipinski definition) is 4. The van der Waals surface area contributed by atoms with Crippen LogP contribution in [0.2, 0.25) is 0 Å². The Labute approximate surface area is 407 Å². The van der Waals surface area contributed by atoms with Gasteiger partial charge in [-0.25, -0.2) is 0 Å². The third kappa shape index (κ3) is 7.98. The number of nitrogens with zero attached hydrogens (tertiary/aromatic N) is 2. The van der Waals surface area contributed by atoms with Crippen LogP contribution in [0, 0.1) is 0 Å². The standard InChI is InChI=1S/C64H56BN3O/c1-43(44-21-11-8-12-22-44)39-58-55-42-66-61-53-40-48(64(5,6)7)33-38-60(53)69-62(61)65(55)54-37-36-50(41-59(54)68(58)57-30-20-18-28-52(57)46-25-15-10-16-26-46)67(49-34-31-47(32-35-49)63(2,3)4)56-29-19-17-27-51(56)45-23-13-9-14-24-45/h8-42,66H,1H2,2-7H3/b58-39+. The summed E-state index contributed by atoms with van der Waals surface area (Å²) in [6.45, 7) is 18.1. The van der Waals surface area contributed by atoms with Crippen molar-refractivity contribution < 1.29 is 4.42 Å². The molecule has 0 bridgehead atoms. The van der Waals surface area contributed by atoms with Gasteiger partial charge in [-0.05, 0) is 116 Å². The van der Waals surface area contributed by atoms with Crippen LogP contribution in [0.3, 0.4) is 0 Å². The fraction of sp³-hybridized carbons (Fsp3) is 0.125. The molecule has 0 saturated heterocycles. The number of para-hydroxylation sites is 2. The van der Waals surface area contributed by atoms with Crippen molar-refractivity contribution in [2.24, 2.45) is 0 Å². The van der Waals surface area contributed by atoms with Crippen molar-refractivity contribution in [2.45, 2.75) is 52.4 Å². The largest absolute Gasteiger partial charge is 0.468 e. The number of allylic oxidation sites excluding steroid dienone is 3. The number of nitrogens with one attached hydrogen (secondary N) is 1. The van der Waals surface area contributed by atoms with Crippen LogP contribution >= 0.6 is 0 Å². The molecule has 0 amide bonds. The first-order chi connectivity index (χ1) is 33.4. The van der Waals surface area contributed by atoms with Gasteiger partial charge in [0.2, 0.25) is 0 Å². The van der Waals surface area contributed by atoms with Crippen LogP contribution in [0.15, 0.2) is 235 Å². The normalized spacial score (nSPS) is 13.9. The molecule has 4 nitrogen and oxygen atoms in total. The highest BCUT2D eigenvalue weighted by molar-refractivity contribution is 6.94. The minimum absolute atomic E-state index is 0.000160. The molecular weight excluding hydrogens is 838 g/mol. The molecule has 5 heteroatoms. The molecule has 69 heavy (non-hydrogen) atoms. The van der Waals surface area contributed by atoms with E-state index in [-0.39, 0.29) is 17.5 Å². The number of rotatable bonds is 8. The predicted molar refractivity (Wildman–Crippen MR) is 294 cm³/mol. The molecule has 2 aliphatic heterocycles. The van der Waals surface area contributed by atoms with Gasteiger partial charge in [-0.1, -0.05) is 200 Å². The summed E-state index contributed by atoms with van der Waals surface area (Å²) < 4.78 is 7.09. The van der Waals surface area contributed by atoms with E-state index in [1.54, 1.807) is 0 Å². The molecule has 0 fully saturated rings. The van der Waals surface area contributed by atoms with Gasteiger partial charge in [-0.15, -0.1) is 0 Å². The van der Waals surface area contributed by atoms with Crippen molar-refractivity contribution >= 4 is 68.5 Å². The summed E-state index contributed by atoms with van der Waals surface area (Å²) in [6, 6.07) is 72.3. The molecule has 0 radical (unpaired) electrons. The summed E-state index contributed by atoms with van der Waals surface area (Å²) in [7, 11) is 0. The lowest BCUT2D eigenvalue weighted by Crippen LogP contribution is -2.53. The second-order valence-corrected chi connectivity index (χ2v) is 20.4. The van der Waals surface area contributed by atoms with Crippen molar-refractivity contribution in [2.75, 3.05) is 15.1 Å². The van der Waals surface area contributed by atoms with Gasteiger partial charge in [0.15, 0.2) is 0 Å². The van der Waals surface area contributed by atoms with Crippen LogP contribution in [0.25, 0.3) is 38.8 Å². The highest BCUT2D eigenvalue weighted by Crippen LogP contribution is 2.48. The minimum atomic E-state index is -0.234. The van der Waals surface area contributed by atoms with E-state index in [0.717, 1.165) is 101 Å². The van der Waals surface area contributed by atoms with Crippen molar-refractivity contribution in [3.63, 3.8) is 0 Å². The van der Waals surface area contributed by atoms with Gasteiger partial charge in [0.25, 0.3) is 6.71 Å². The fourth-order valence-electron chi connectivity index (χ4n) is 10.1.